The highest BCUT2D eigenvalue weighted by Gasteiger charge is 2.13. The first kappa shape index (κ1) is 9.73. The molecule has 1 aromatic heterocycles. The minimum atomic E-state index is -0.394. The van der Waals surface area contributed by atoms with Crippen LogP contribution in [0.25, 0.3) is 10.9 Å². The molecule has 2 aromatic rings. The number of carbonyl (C=O) groups excluding carboxylic acids is 1. The number of benzene rings is 1. The number of aromatic nitrogens is 1. The van der Waals surface area contributed by atoms with Crippen molar-refractivity contribution in [2.24, 2.45) is 0 Å². The Morgan fingerprint density at radius 2 is 2.20 bits per heavy atom. The largest absolute Gasteiger partial charge is 0.424 e. The van der Waals surface area contributed by atoms with E-state index in [0.29, 0.717) is 11.4 Å². The maximum atomic E-state index is 10.9. The molecular weight excluding hydrogens is 194 g/mol. The lowest BCUT2D eigenvalue weighted by molar-refractivity contribution is -0.131. The smallest absolute Gasteiger partial charge is 0.308 e. The van der Waals surface area contributed by atoms with Gasteiger partial charge in [0.15, 0.2) is 5.75 Å². The van der Waals surface area contributed by atoms with Crippen molar-refractivity contribution in [3.63, 3.8) is 0 Å². The van der Waals surface area contributed by atoms with Crippen LogP contribution in [0.5, 0.6) is 5.75 Å². The Labute approximate surface area is 86.5 Å². The second kappa shape index (κ2) is 3.74. The van der Waals surface area contributed by atoms with Crippen molar-refractivity contribution in [1.29, 1.82) is 0 Å². The van der Waals surface area contributed by atoms with Crippen molar-refractivity contribution in [3.8, 4) is 5.75 Å². The molecule has 0 atom stereocenters. The number of aliphatic hydroxyl groups is 1. The van der Waals surface area contributed by atoms with E-state index in [1.54, 1.807) is 0 Å². The van der Waals surface area contributed by atoms with Crippen LogP contribution in [0, 0.1) is 0 Å². The summed E-state index contributed by atoms with van der Waals surface area (Å²) in [5, 5.41) is 9.91. The van der Waals surface area contributed by atoms with Crippen LogP contribution in [0.1, 0.15) is 12.6 Å². The van der Waals surface area contributed by atoms with Crippen molar-refractivity contribution in [2.75, 3.05) is 0 Å². The number of esters is 1. The Kier molecular flexibility index (Phi) is 2.43. The van der Waals surface area contributed by atoms with Gasteiger partial charge >= 0.3 is 5.97 Å². The Bertz CT molecular complexity index is 502. The molecule has 1 aromatic carbocycles. The third kappa shape index (κ3) is 1.71. The first-order valence-corrected chi connectivity index (χ1v) is 4.61. The van der Waals surface area contributed by atoms with Gasteiger partial charge in [0.05, 0.1) is 12.3 Å². The second-order valence-corrected chi connectivity index (χ2v) is 3.23. The molecule has 4 heteroatoms. The van der Waals surface area contributed by atoms with Crippen molar-refractivity contribution in [1.82, 2.24) is 4.98 Å². The summed E-state index contributed by atoms with van der Waals surface area (Å²) in [6.07, 6.45) is 0. The minimum Gasteiger partial charge on any atom is -0.424 e. The fraction of sp³-hybridized carbons (Fsp3) is 0.182. The molecule has 0 bridgehead atoms. The molecule has 2 rings (SSSR count). The predicted octanol–water partition coefficient (Wildman–Crippen LogP) is 1.59. The maximum Gasteiger partial charge on any atom is 0.308 e. The standard InChI is InChI=1S/C11H11NO3/c1-7(14)15-11-8-4-2-3-5-9(8)12-10(11)6-13/h2-5,12-13H,6H2,1H3. The highest BCUT2D eigenvalue weighted by Crippen LogP contribution is 2.29. The van der Waals surface area contributed by atoms with E-state index in [1.165, 1.54) is 6.92 Å². The first-order chi connectivity index (χ1) is 7.22. The summed E-state index contributed by atoms with van der Waals surface area (Å²) >= 11 is 0. The number of para-hydroxylation sites is 1. The molecule has 0 spiro atoms. The number of rotatable bonds is 2. The Morgan fingerprint density at radius 1 is 1.47 bits per heavy atom. The van der Waals surface area contributed by atoms with Gasteiger partial charge in [0.2, 0.25) is 0 Å². The zero-order valence-electron chi connectivity index (χ0n) is 8.28. The molecule has 0 aliphatic rings. The maximum absolute atomic E-state index is 10.9. The zero-order chi connectivity index (χ0) is 10.8. The highest BCUT2D eigenvalue weighted by atomic mass is 16.5. The average Bonchev–Trinajstić information content (AvgIpc) is 2.56. The highest BCUT2D eigenvalue weighted by molar-refractivity contribution is 5.90. The fourth-order valence-corrected chi connectivity index (χ4v) is 1.54. The van der Waals surface area contributed by atoms with Gasteiger partial charge in [-0.1, -0.05) is 12.1 Å². The summed E-state index contributed by atoms with van der Waals surface area (Å²) in [5.41, 5.74) is 1.37. The molecule has 0 saturated carbocycles. The van der Waals surface area contributed by atoms with Crippen LogP contribution < -0.4 is 4.74 Å². The van der Waals surface area contributed by atoms with Gasteiger partial charge in [0, 0.05) is 17.8 Å². The van der Waals surface area contributed by atoms with Crippen molar-refractivity contribution in [2.45, 2.75) is 13.5 Å². The van der Waals surface area contributed by atoms with E-state index in [4.69, 9.17) is 9.84 Å². The second-order valence-electron chi connectivity index (χ2n) is 3.23. The van der Waals surface area contributed by atoms with E-state index in [9.17, 15) is 4.79 Å². The van der Waals surface area contributed by atoms with Gasteiger partial charge in [0.1, 0.15) is 0 Å². The molecule has 78 valence electrons. The van der Waals surface area contributed by atoms with Gasteiger partial charge in [-0.25, -0.2) is 0 Å². The summed E-state index contributed by atoms with van der Waals surface area (Å²) in [5.74, 6) is 0.0232. The molecule has 0 unspecified atom stereocenters. The summed E-state index contributed by atoms with van der Waals surface area (Å²) in [7, 11) is 0. The lowest BCUT2D eigenvalue weighted by Crippen LogP contribution is -2.03. The van der Waals surface area contributed by atoms with Gasteiger partial charge in [0.25, 0.3) is 0 Å². The molecule has 15 heavy (non-hydrogen) atoms. The molecular formula is C11H11NO3. The quantitative estimate of drug-likeness (QED) is 0.732. The van der Waals surface area contributed by atoms with Gasteiger partial charge in [-0.05, 0) is 12.1 Å². The topological polar surface area (TPSA) is 62.3 Å². The number of H-pyrrole nitrogens is 1. The minimum absolute atomic E-state index is 0.183. The normalized spacial score (nSPS) is 10.5. The molecule has 0 radical (unpaired) electrons. The van der Waals surface area contributed by atoms with E-state index in [0.717, 1.165) is 10.9 Å². The van der Waals surface area contributed by atoms with Crippen LogP contribution in [0.15, 0.2) is 24.3 Å². The number of nitrogens with one attached hydrogen (secondary N) is 1. The van der Waals surface area contributed by atoms with Crippen LogP contribution in [-0.4, -0.2) is 16.1 Å². The lowest BCUT2D eigenvalue weighted by atomic mass is 10.2. The van der Waals surface area contributed by atoms with Crippen molar-refractivity contribution >= 4 is 16.9 Å². The Hall–Kier alpha value is -1.81. The number of carbonyl (C=O) groups is 1. The Morgan fingerprint density at radius 3 is 2.87 bits per heavy atom. The Balaban J connectivity index is 2.61. The summed E-state index contributed by atoms with van der Waals surface area (Å²) in [6.45, 7) is 1.15. The van der Waals surface area contributed by atoms with Crippen LogP contribution in [0.2, 0.25) is 0 Å². The van der Waals surface area contributed by atoms with E-state index in [-0.39, 0.29) is 6.61 Å². The molecule has 0 aliphatic carbocycles. The zero-order valence-corrected chi connectivity index (χ0v) is 8.28. The van der Waals surface area contributed by atoms with E-state index in [2.05, 4.69) is 4.98 Å². The SMILES string of the molecule is CC(=O)Oc1c(CO)[nH]c2ccccc12. The van der Waals surface area contributed by atoms with Crippen LogP contribution >= 0.6 is 0 Å². The summed E-state index contributed by atoms with van der Waals surface area (Å²) in [4.78, 5) is 13.9. The van der Waals surface area contributed by atoms with Gasteiger partial charge in [-0.2, -0.15) is 0 Å². The number of fused-ring (bicyclic) bond motifs is 1. The van der Waals surface area contributed by atoms with Crippen LogP contribution in [0.3, 0.4) is 0 Å². The van der Waals surface area contributed by atoms with E-state index in [1.807, 2.05) is 24.3 Å². The third-order valence-electron chi connectivity index (χ3n) is 2.14. The van der Waals surface area contributed by atoms with Crippen LogP contribution in [0.4, 0.5) is 0 Å². The number of hydrogen-bond acceptors (Lipinski definition) is 3. The van der Waals surface area contributed by atoms with Gasteiger partial charge < -0.3 is 14.8 Å². The van der Waals surface area contributed by atoms with Crippen LogP contribution in [-0.2, 0) is 11.4 Å². The predicted molar refractivity (Wildman–Crippen MR) is 55.5 cm³/mol. The van der Waals surface area contributed by atoms with E-state index < -0.39 is 5.97 Å². The van der Waals surface area contributed by atoms with Gasteiger partial charge in [-0.3, -0.25) is 4.79 Å². The van der Waals surface area contributed by atoms with E-state index >= 15 is 0 Å². The number of ether oxygens (including phenoxy) is 1. The van der Waals surface area contributed by atoms with Crippen molar-refractivity contribution < 1.29 is 14.6 Å². The molecule has 0 aliphatic heterocycles. The summed E-state index contributed by atoms with van der Waals surface area (Å²) < 4.78 is 5.06. The molecule has 0 amide bonds. The fourth-order valence-electron chi connectivity index (χ4n) is 1.54. The lowest BCUT2D eigenvalue weighted by Gasteiger charge is -2.01. The first-order valence-electron chi connectivity index (χ1n) is 4.61. The monoisotopic (exact) mass is 205 g/mol. The average molecular weight is 205 g/mol. The number of aliphatic hydroxyl groups excluding tert-OH is 1. The molecule has 1 heterocycles. The van der Waals surface area contributed by atoms with Crippen molar-refractivity contribution in [3.05, 3.63) is 30.0 Å². The molecule has 4 nitrogen and oxygen atoms in total. The summed E-state index contributed by atoms with van der Waals surface area (Å²) in [6, 6.07) is 7.42. The molecule has 2 N–H and O–H groups in total. The molecule has 0 fully saturated rings. The number of aromatic amines is 1. The number of hydrogen-bond donors (Lipinski definition) is 2. The molecule has 0 saturated heterocycles. The third-order valence-corrected chi connectivity index (χ3v) is 2.14. The van der Waals surface area contributed by atoms with Gasteiger partial charge in [-0.15, -0.1) is 0 Å².